The molecule has 0 aliphatic carbocycles. The Hall–Kier alpha value is 0.230. The van der Waals surface area contributed by atoms with Crippen molar-refractivity contribution in [3.05, 3.63) is 0 Å². The number of rotatable bonds is 8. The Labute approximate surface area is 103 Å². The van der Waals surface area contributed by atoms with Gasteiger partial charge < -0.3 is 15.2 Å². The smallest absolute Gasteiger partial charge is 0.0833 e. The molecule has 0 aromatic carbocycles. The van der Waals surface area contributed by atoms with Crippen LogP contribution >= 0.6 is 11.8 Å². The van der Waals surface area contributed by atoms with Crippen LogP contribution < -0.4 is 5.32 Å². The third-order valence-electron chi connectivity index (χ3n) is 2.86. The van der Waals surface area contributed by atoms with E-state index in [1.54, 1.807) is 11.8 Å². The first kappa shape index (κ1) is 14.3. The molecule has 0 aromatic rings. The Morgan fingerprint density at radius 2 is 2.38 bits per heavy atom. The lowest BCUT2D eigenvalue weighted by Crippen LogP contribution is -2.40. The Morgan fingerprint density at radius 1 is 1.56 bits per heavy atom. The van der Waals surface area contributed by atoms with Crippen LogP contribution in [-0.2, 0) is 4.74 Å². The van der Waals surface area contributed by atoms with E-state index in [-0.39, 0.29) is 0 Å². The highest BCUT2D eigenvalue weighted by atomic mass is 32.2. The maximum Gasteiger partial charge on any atom is 0.0833 e. The lowest BCUT2D eigenvalue weighted by atomic mass is 10.1. The molecule has 1 aliphatic heterocycles. The van der Waals surface area contributed by atoms with Gasteiger partial charge in [0.15, 0.2) is 0 Å². The molecule has 0 amide bonds. The Morgan fingerprint density at radius 3 is 3.00 bits per heavy atom. The lowest BCUT2D eigenvalue weighted by molar-refractivity contribution is 0.0830. The molecule has 3 nitrogen and oxygen atoms in total. The summed E-state index contributed by atoms with van der Waals surface area (Å²) in [6, 6.07) is 0. The minimum Gasteiger partial charge on any atom is -0.388 e. The third-order valence-corrected chi connectivity index (χ3v) is 3.78. The molecule has 1 fully saturated rings. The molecular weight excluding hydrogens is 222 g/mol. The number of aliphatic hydroxyl groups is 1. The van der Waals surface area contributed by atoms with E-state index >= 15 is 0 Å². The molecule has 0 spiro atoms. The molecule has 1 rings (SSSR count). The van der Waals surface area contributed by atoms with Gasteiger partial charge in [-0.05, 0) is 45.4 Å². The summed E-state index contributed by atoms with van der Waals surface area (Å²) in [6.45, 7) is 4.49. The zero-order valence-electron chi connectivity index (χ0n) is 10.5. The van der Waals surface area contributed by atoms with Crippen molar-refractivity contribution in [2.24, 2.45) is 0 Å². The van der Waals surface area contributed by atoms with E-state index in [9.17, 15) is 5.11 Å². The predicted octanol–water partition coefficient (Wildman–Crippen LogP) is 1.65. The summed E-state index contributed by atoms with van der Waals surface area (Å²) in [7, 11) is 0. The van der Waals surface area contributed by atoms with Crippen molar-refractivity contribution in [2.45, 2.75) is 44.3 Å². The molecule has 0 bridgehead atoms. The van der Waals surface area contributed by atoms with Crippen molar-refractivity contribution >= 4 is 11.8 Å². The van der Waals surface area contributed by atoms with Gasteiger partial charge in [0.05, 0.1) is 11.7 Å². The normalized spacial score (nSPS) is 24.6. The van der Waals surface area contributed by atoms with Crippen LogP contribution in [0.1, 0.15) is 32.6 Å². The molecule has 2 unspecified atom stereocenters. The topological polar surface area (TPSA) is 41.5 Å². The van der Waals surface area contributed by atoms with Crippen molar-refractivity contribution in [3.8, 4) is 0 Å². The molecular formula is C12H25NO2S. The number of thioether (sulfide) groups is 1. The molecule has 1 saturated heterocycles. The summed E-state index contributed by atoms with van der Waals surface area (Å²) in [4.78, 5) is 0. The highest BCUT2D eigenvalue weighted by Crippen LogP contribution is 2.16. The maximum atomic E-state index is 9.92. The Bertz CT molecular complexity index is 182. The van der Waals surface area contributed by atoms with Crippen LogP contribution in [0.4, 0.5) is 0 Å². The monoisotopic (exact) mass is 247 g/mol. The van der Waals surface area contributed by atoms with E-state index in [2.05, 4.69) is 5.32 Å². The molecule has 1 heterocycles. The van der Waals surface area contributed by atoms with E-state index in [1.807, 2.05) is 13.2 Å². The molecule has 16 heavy (non-hydrogen) atoms. The molecule has 0 aromatic heterocycles. The number of hydrogen-bond donors (Lipinski definition) is 2. The van der Waals surface area contributed by atoms with E-state index in [0.29, 0.717) is 12.6 Å². The van der Waals surface area contributed by atoms with Gasteiger partial charge in [-0.25, -0.2) is 0 Å². The molecule has 0 saturated carbocycles. The molecule has 4 heteroatoms. The van der Waals surface area contributed by atoms with Gasteiger partial charge in [0.2, 0.25) is 0 Å². The van der Waals surface area contributed by atoms with Crippen molar-refractivity contribution in [1.82, 2.24) is 5.32 Å². The second kappa shape index (κ2) is 7.54. The maximum absolute atomic E-state index is 9.92. The van der Waals surface area contributed by atoms with Crippen molar-refractivity contribution in [2.75, 3.05) is 31.7 Å². The number of nitrogens with one attached hydrogen (secondary N) is 1. The second-order valence-electron chi connectivity index (χ2n) is 4.88. The zero-order chi connectivity index (χ0) is 11.9. The summed E-state index contributed by atoms with van der Waals surface area (Å²) >= 11 is 1.68. The first-order valence-electron chi connectivity index (χ1n) is 6.18. The fraction of sp³-hybridized carbons (Fsp3) is 1.00. The van der Waals surface area contributed by atoms with Crippen LogP contribution in [0.25, 0.3) is 0 Å². The Kier molecular flexibility index (Phi) is 6.73. The van der Waals surface area contributed by atoms with Crippen molar-refractivity contribution < 1.29 is 9.84 Å². The summed E-state index contributed by atoms with van der Waals surface area (Å²) < 4.78 is 5.56. The van der Waals surface area contributed by atoms with Gasteiger partial charge in [-0.1, -0.05) is 0 Å². The van der Waals surface area contributed by atoms with Gasteiger partial charge >= 0.3 is 0 Å². The largest absolute Gasteiger partial charge is 0.388 e. The van der Waals surface area contributed by atoms with E-state index in [4.69, 9.17) is 4.74 Å². The van der Waals surface area contributed by atoms with Crippen LogP contribution in [0.2, 0.25) is 0 Å². The van der Waals surface area contributed by atoms with Crippen molar-refractivity contribution in [3.63, 3.8) is 0 Å². The van der Waals surface area contributed by atoms with Gasteiger partial charge in [-0.15, -0.1) is 0 Å². The first-order valence-corrected chi connectivity index (χ1v) is 7.57. The van der Waals surface area contributed by atoms with Crippen molar-refractivity contribution in [1.29, 1.82) is 0 Å². The minimum atomic E-state index is -0.580. The lowest BCUT2D eigenvalue weighted by Gasteiger charge is -2.22. The van der Waals surface area contributed by atoms with Crippen LogP contribution in [0.3, 0.4) is 0 Å². The predicted molar refractivity (Wildman–Crippen MR) is 70.1 cm³/mol. The standard InChI is InChI=1S/C12H25NO2S/c1-12(14,10-16-2)9-13-7-3-5-11-6-4-8-15-11/h11,13-14H,3-10H2,1-2H3. The highest BCUT2D eigenvalue weighted by molar-refractivity contribution is 7.98. The number of ether oxygens (including phenoxy) is 1. The van der Waals surface area contributed by atoms with E-state index < -0.39 is 5.60 Å². The molecule has 2 atom stereocenters. The molecule has 1 aliphatic rings. The van der Waals surface area contributed by atoms with Gasteiger partial charge in [0.25, 0.3) is 0 Å². The van der Waals surface area contributed by atoms with Crippen LogP contribution in [-0.4, -0.2) is 48.5 Å². The summed E-state index contributed by atoms with van der Waals surface area (Å²) in [5.74, 6) is 0.783. The van der Waals surface area contributed by atoms with E-state index in [0.717, 1.165) is 31.7 Å². The van der Waals surface area contributed by atoms with Gasteiger partial charge in [0.1, 0.15) is 0 Å². The Balaban J connectivity index is 1.94. The van der Waals surface area contributed by atoms with E-state index in [1.165, 1.54) is 12.8 Å². The average molecular weight is 247 g/mol. The summed E-state index contributed by atoms with van der Waals surface area (Å²) in [5.41, 5.74) is -0.580. The van der Waals surface area contributed by atoms with Gasteiger partial charge in [-0.2, -0.15) is 11.8 Å². The SMILES string of the molecule is CSCC(C)(O)CNCCCC1CCCO1. The third kappa shape index (κ3) is 6.09. The fourth-order valence-electron chi connectivity index (χ4n) is 2.05. The quantitative estimate of drug-likeness (QED) is 0.640. The van der Waals surface area contributed by atoms with Crippen LogP contribution in [0.5, 0.6) is 0 Å². The van der Waals surface area contributed by atoms with Crippen LogP contribution in [0.15, 0.2) is 0 Å². The minimum absolute atomic E-state index is 0.494. The summed E-state index contributed by atoms with van der Waals surface area (Å²) in [5, 5.41) is 13.2. The summed E-state index contributed by atoms with van der Waals surface area (Å²) in [6.07, 6.45) is 7.25. The van der Waals surface area contributed by atoms with Gasteiger partial charge in [-0.3, -0.25) is 0 Å². The fourth-order valence-corrected chi connectivity index (χ4v) is 2.77. The second-order valence-corrected chi connectivity index (χ2v) is 5.75. The first-order chi connectivity index (χ1) is 7.64. The average Bonchev–Trinajstić information content (AvgIpc) is 2.69. The molecule has 2 N–H and O–H groups in total. The van der Waals surface area contributed by atoms with Crippen LogP contribution in [0, 0.1) is 0 Å². The molecule has 0 radical (unpaired) electrons. The van der Waals surface area contributed by atoms with Gasteiger partial charge in [0, 0.05) is 18.9 Å². The highest BCUT2D eigenvalue weighted by Gasteiger charge is 2.19. The number of hydrogen-bond acceptors (Lipinski definition) is 4. The zero-order valence-corrected chi connectivity index (χ0v) is 11.3. The molecule has 96 valence electrons.